The summed E-state index contributed by atoms with van der Waals surface area (Å²) in [6.07, 6.45) is 0.623. The lowest BCUT2D eigenvalue weighted by atomic mass is 10.2. The number of halogens is 1. The highest BCUT2D eigenvalue weighted by Gasteiger charge is 2.31. The third-order valence-electron chi connectivity index (χ3n) is 3.63. The first-order valence-corrected chi connectivity index (χ1v) is 7.70. The number of likely N-dealkylation sites (N-methyl/N-ethyl adjacent to an activating group) is 1. The van der Waals surface area contributed by atoms with Gasteiger partial charge in [-0.15, -0.1) is 11.3 Å². The van der Waals surface area contributed by atoms with Gasteiger partial charge in [0.1, 0.15) is 10.9 Å². The number of fused-ring (bicyclic) bond motifs is 1. The molecule has 1 fully saturated rings. The SMILES string of the molecule is CN1CCC(NC(=O)c2sc3ccc(Cl)cc3c2N)C1=O. The minimum atomic E-state index is -0.462. The summed E-state index contributed by atoms with van der Waals surface area (Å²) in [5.41, 5.74) is 6.45. The van der Waals surface area contributed by atoms with Gasteiger partial charge in [-0.05, 0) is 24.6 Å². The molecule has 1 aromatic carbocycles. The largest absolute Gasteiger partial charge is 0.397 e. The van der Waals surface area contributed by atoms with E-state index in [4.69, 9.17) is 17.3 Å². The van der Waals surface area contributed by atoms with Gasteiger partial charge in [-0.1, -0.05) is 11.6 Å². The predicted octanol–water partition coefficient (Wildman–Crippen LogP) is 2.10. The van der Waals surface area contributed by atoms with Crippen LogP contribution in [0.1, 0.15) is 16.1 Å². The third kappa shape index (κ3) is 2.45. The molecule has 5 nitrogen and oxygen atoms in total. The van der Waals surface area contributed by atoms with Crippen LogP contribution in [-0.4, -0.2) is 36.3 Å². The van der Waals surface area contributed by atoms with Crippen molar-refractivity contribution in [3.8, 4) is 0 Å². The second-order valence-electron chi connectivity index (χ2n) is 5.06. The Bertz CT molecular complexity index is 743. The number of nitrogens with zero attached hydrogens (tertiary/aromatic N) is 1. The summed E-state index contributed by atoms with van der Waals surface area (Å²) in [6.45, 7) is 0.654. The number of anilines is 1. The zero-order chi connectivity index (χ0) is 15.1. The average Bonchev–Trinajstić information content (AvgIpc) is 2.94. The Balaban J connectivity index is 1.88. The molecule has 2 aromatic rings. The van der Waals surface area contributed by atoms with Crippen LogP contribution in [0.2, 0.25) is 5.02 Å². The molecule has 0 saturated carbocycles. The number of benzene rings is 1. The first-order valence-electron chi connectivity index (χ1n) is 6.50. The van der Waals surface area contributed by atoms with Crippen molar-refractivity contribution < 1.29 is 9.59 Å². The van der Waals surface area contributed by atoms with Crippen LogP contribution in [0, 0.1) is 0 Å². The van der Waals surface area contributed by atoms with Gasteiger partial charge in [-0.2, -0.15) is 0 Å². The van der Waals surface area contributed by atoms with E-state index in [0.717, 1.165) is 10.1 Å². The number of carbonyl (C=O) groups excluding carboxylic acids is 2. The zero-order valence-electron chi connectivity index (χ0n) is 11.4. The minimum Gasteiger partial charge on any atom is -0.397 e. The number of thiophene rings is 1. The highest BCUT2D eigenvalue weighted by atomic mass is 35.5. The Morgan fingerprint density at radius 3 is 2.95 bits per heavy atom. The molecule has 1 atom stereocenters. The Morgan fingerprint density at radius 2 is 2.29 bits per heavy atom. The van der Waals surface area contributed by atoms with Crippen molar-refractivity contribution in [3.05, 3.63) is 28.1 Å². The molecule has 0 spiro atoms. The van der Waals surface area contributed by atoms with Gasteiger partial charge < -0.3 is 16.0 Å². The predicted molar refractivity (Wildman–Crippen MR) is 84.8 cm³/mol. The Hall–Kier alpha value is -1.79. The molecule has 21 heavy (non-hydrogen) atoms. The maximum atomic E-state index is 12.3. The van der Waals surface area contributed by atoms with Gasteiger partial charge in [-0.25, -0.2) is 0 Å². The Kier molecular flexibility index (Phi) is 3.51. The van der Waals surface area contributed by atoms with Gasteiger partial charge in [0, 0.05) is 28.7 Å². The number of nitrogens with two attached hydrogens (primary N) is 1. The van der Waals surface area contributed by atoms with Crippen LogP contribution in [0.3, 0.4) is 0 Å². The number of carbonyl (C=O) groups is 2. The first kappa shape index (κ1) is 14.2. The molecular weight excluding hydrogens is 310 g/mol. The van der Waals surface area contributed by atoms with Gasteiger partial charge in [0.15, 0.2) is 0 Å². The van der Waals surface area contributed by atoms with Crippen molar-refractivity contribution >= 4 is 50.5 Å². The van der Waals surface area contributed by atoms with E-state index < -0.39 is 6.04 Å². The molecule has 110 valence electrons. The van der Waals surface area contributed by atoms with Crippen LogP contribution in [-0.2, 0) is 4.79 Å². The van der Waals surface area contributed by atoms with Crippen molar-refractivity contribution in [1.29, 1.82) is 0 Å². The van der Waals surface area contributed by atoms with E-state index in [1.54, 1.807) is 24.1 Å². The molecule has 7 heteroatoms. The summed E-state index contributed by atoms with van der Waals surface area (Å²) in [5.74, 6) is -0.371. The van der Waals surface area contributed by atoms with Gasteiger partial charge in [0.25, 0.3) is 5.91 Å². The number of amides is 2. The molecule has 1 aliphatic heterocycles. The number of rotatable bonds is 2. The van der Waals surface area contributed by atoms with Gasteiger partial charge >= 0.3 is 0 Å². The van der Waals surface area contributed by atoms with E-state index in [2.05, 4.69) is 5.32 Å². The number of likely N-dealkylation sites (tertiary alicyclic amines) is 1. The molecule has 1 saturated heterocycles. The lowest BCUT2D eigenvalue weighted by Gasteiger charge is -2.11. The molecule has 3 rings (SSSR count). The number of nitrogen functional groups attached to an aromatic ring is 1. The summed E-state index contributed by atoms with van der Waals surface area (Å²) < 4.78 is 0.900. The normalized spacial score (nSPS) is 18.5. The summed E-state index contributed by atoms with van der Waals surface area (Å²) in [5, 5.41) is 4.11. The average molecular weight is 324 g/mol. The van der Waals surface area contributed by atoms with E-state index >= 15 is 0 Å². The number of hydrogen-bond acceptors (Lipinski definition) is 4. The van der Waals surface area contributed by atoms with Gasteiger partial charge in [-0.3, -0.25) is 9.59 Å². The fourth-order valence-corrected chi connectivity index (χ4v) is 3.62. The fourth-order valence-electron chi connectivity index (χ4n) is 2.44. The van der Waals surface area contributed by atoms with Crippen molar-refractivity contribution in [1.82, 2.24) is 10.2 Å². The van der Waals surface area contributed by atoms with Crippen LogP contribution in [0.25, 0.3) is 10.1 Å². The maximum absolute atomic E-state index is 12.3. The maximum Gasteiger partial charge on any atom is 0.264 e. The van der Waals surface area contributed by atoms with Crippen molar-refractivity contribution in [2.24, 2.45) is 0 Å². The topological polar surface area (TPSA) is 75.4 Å². The molecule has 2 amide bonds. The second kappa shape index (κ2) is 5.20. The van der Waals surface area contributed by atoms with Crippen molar-refractivity contribution in [3.63, 3.8) is 0 Å². The van der Waals surface area contributed by atoms with Crippen LogP contribution < -0.4 is 11.1 Å². The van der Waals surface area contributed by atoms with Crippen LogP contribution >= 0.6 is 22.9 Å². The number of nitrogens with one attached hydrogen (secondary N) is 1. The third-order valence-corrected chi connectivity index (χ3v) is 5.05. The standard InChI is InChI=1S/C14H14ClN3O2S/c1-18-5-4-9(14(18)20)17-13(19)12-11(16)8-6-7(15)2-3-10(8)21-12/h2-3,6,9H,4-5,16H2,1H3,(H,17,19). The second-order valence-corrected chi connectivity index (χ2v) is 6.55. The highest BCUT2D eigenvalue weighted by molar-refractivity contribution is 7.21. The molecule has 0 aliphatic carbocycles. The van der Waals surface area contributed by atoms with Crippen molar-refractivity contribution in [2.75, 3.05) is 19.3 Å². The molecular formula is C14H14ClN3O2S. The Labute approximate surface area is 130 Å². The summed E-state index contributed by atoms with van der Waals surface area (Å²) >= 11 is 7.26. The molecule has 0 bridgehead atoms. The smallest absolute Gasteiger partial charge is 0.264 e. The highest BCUT2D eigenvalue weighted by Crippen LogP contribution is 2.35. The molecule has 0 radical (unpaired) electrons. The van der Waals surface area contributed by atoms with E-state index in [1.165, 1.54) is 11.3 Å². The summed E-state index contributed by atoms with van der Waals surface area (Å²) in [4.78, 5) is 26.2. The Morgan fingerprint density at radius 1 is 1.52 bits per heavy atom. The molecule has 1 aliphatic rings. The quantitative estimate of drug-likeness (QED) is 0.888. The van der Waals surface area contributed by atoms with Crippen molar-refractivity contribution in [2.45, 2.75) is 12.5 Å². The van der Waals surface area contributed by atoms with E-state index in [0.29, 0.717) is 28.6 Å². The first-order chi connectivity index (χ1) is 9.97. The molecule has 1 unspecified atom stereocenters. The lowest BCUT2D eigenvalue weighted by molar-refractivity contribution is -0.128. The van der Waals surface area contributed by atoms with Crippen LogP contribution in [0.15, 0.2) is 18.2 Å². The number of hydrogen-bond donors (Lipinski definition) is 2. The molecule has 3 N–H and O–H groups in total. The molecule has 1 aromatic heterocycles. The van der Waals surface area contributed by atoms with E-state index in [-0.39, 0.29) is 11.8 Å². The van der Waals surface area contributed by atoms with Gasteiger partial charge in [0.05, 0.1) is 5.69 Å². The fraction of sp³-hybridized carbons (Fsp3) is 0.286. The van der Waals surface area contributed by atoms with E-state index in [9.17, 15) is 9.59 Å². The molecule has 2 heterocycles. The summed E-state index contributed by atoms with van der Waals surface area (Å²) in [6, 6.07) is 4.88. The monoisotopic (exact) mass is 323 g/mol. The van der Waals surface area contributed by atoms with Crippen LogP contribution in [0.4, 0.5) is 5.69 Å². The van der Waals surface area contributed by atoms with Crippen LogP contribution in [0.5, 0.6) is 0 Å². The van der Waals surface area contributed by atoms with E-state index in [1.807, 2.05) is 6.07 Å². The summed E-state index contributed by atoms with van der Waals surface area (Å²) in [7, 11) is 1.73. The van der Waals surface area contributed by atoms with Gasteiger partial charge in [0.2, 0.25) is 5.91 Å². The lowest BCUT2D eigenvalue weighted by Crippen LogP contribution is -2.40. The minimum absolute atomic E-state index is 0.0638. The zero-order valence-corrected chi connectivity index (χ0v) is 12.9.